The molecule has 0 bridgehead atoms. The Kier molecular flexibility index (Phi) is 5.04. The van der Waals surface area contributed by atoms with Gasteiger partial charge in [0, 0.05) is 18.2 Å². The fourth-order valence-electron chi connectivity index (χ4n) is 3.34. The number of methoxy groups -OCH3 is 2. The lowest BCUT2D eigenvalue weighted by atomic mass is 10.0. The zero-order chi connectivity index (χ0) is 16.9. The molecule has 0 spiro atoms. The third-order valence-corrected chi connectivity index (χ3v) is 4.58. The molecule has 1 aliphatic heterocycles. The number of rotatable bonds is 5. The molecule has 0 aromatic heterocycles. The van der Waals surface area contributed by atoms with Gasteiger partial charge in [-0.1, -0.05) is 30.3 Å². The Morgan fingerprint density at radius 2 is 1.83 bits per heavy atom. The van der Waals surface area contributed by atoms with E-state index in [1.807, 2.05) is 29.2 Å². The number of hydrogen-bond acceptors (Lipinski definition) is 3. The number of benzene rings is 2. The third-order valence-electron chi connectivity index (χ3n) is 4.58. The molecule has 0 saturated carbocycles. The van der Waals surface area contributed by atoms with Crippen molar-refractivity contribution in [2.45, 2.75) is 25.3 Å². The lowest BCUT2D eigenvalue weighted by Gasteiger charge is -2.25. The van der Waals surface area contributed by atoms with E-state index in [4.69, 9.17) is 9.47 Å². The number of nitrogens with zero attached hydrogens (tertiary/aromatic N) is 1. The normalized spacial score (nSPS) is 16.9. The predicted molar refractivity (Wildman–Crippen MR) is 93.8 cm³/mol. The number of carbonyl (C=O) groups is 1. The van der Waals surface area contributed by atoms with Crippen molar-refractivity contribution in [2.24, 2.45) is 0 Å². The van der Waals surface area contributed by atoms with Crippen LogP contribution in [0.25, 0.3) is 0 Å². The van der Waals surface area contributed by atoms with Crippen molar-refractivity contribution in [3.05, 3.63) is 59.7 Å². The number of likely N-dealkylation sites (tertiary alicyclic amines) is 1. The lowest BCUT2D eigenvalue weighted by molar-refractivity contribution is 0.0736. The maximum absolute atomic E-state index is 12.9. The van der Waals surface area contributed by atoms with E-state index in [2.05, 4.69) is 12.1 Å². The molecule has 4 nitrogen and oxygen atoms in total. The summed E-state index contributed by atoms with van der Waals surface area (Å²) in [7, 11) is 3.18. The summed E-state index contributed by atoms with van der Waals surface area (Å²) in [5.41, 5.74) is 1.92. The second kappa shape index (κ2) is 7.39. The van der Waals surface area contributed by atoms with E-state index in [1.54, 1.807) is 26.4 Å². The average molecular weight is 325 g/mol. The van der Waals surface area contributed by atoms with E-state index in [-0.39, 0.29) is 11.9 Å². The van der Waals surface area contributed by atoms with E-state index in [0.29, 0.717) is 17.1 Å². The first-order chi connectivity index (χ1) is 11.7. The molecule has 2 aromatic rings. The van der Waals surface area contributed by atoms with Crippen molar-refractivity contribution in [3.63, 3.8) is 0 Å². The molecule has 0 radical (unpaired) electrons. The first kappa shape index (κ1) is 16.4. The van der Waals surface area contributed by atoms with Crippen LogP contribution in [0.5, 0.6) is 11.5 Å². The van der Waals surface area contributed by atoms with Crippen LogP contribution in [0.2, 0.25) is 0 Å². The van der Waals surface area contributed by atoms with Gasteiger partial charge in [0.05, 0.1) is 14.2 Å². The van der Waals surface area contributed by atoms with Gasteiger partial charge < -0.3 is 14.4 Å². The Morgan fingerprint density at radius 3 is 2.54 bits per heavy atom. The molecular formula is C20H23NO3. The van der Waals surface area contributed by atoms with Crippen LogP contribution in [-0.2, 0) is 6.42 Å². The fourth-order valence-corrected chi connectivity index (χ4v) is 3.34. The average Bonchev–Trinajstić information content (AvgIpc) is 3.09. The van der Waals surface area contributed by atoms with E-state index < -0.39 is 0 Å². The summed E-state index contributed by atoms with van der Waals surface area (Å²) in [4.78, 5) is 14.9. The summed E-state index contributed by atoms with van der Waals surface area (Å²) < 4.78 is 10.6. The van der Waals surface area contributed by atoms with Gasteiger partial charge in [-0.05, 0) is 43.0 Å². The monoisotopic (exact) mass is 325 g/mol. The molecule has 2 aromatic carbocycles. The van der Waals surface area contributed by atoms with Gasteiger partial charge in [0.1, 0.15) is 0 Å². The number of carbonyl (C=O) groups excluding carboxylic acids is 1. The second-order valence-electron chi connectivity index (χ2n) is 6.05. The second-order valence-corrected chi connectivity index (χ2v) is 6.05. The molecule has 24 heavy (non-hydrogen) atoms. The summed E-state index contributed by atoms with van der Waals surface area (Å²) in [5, 5.41) is 0. The number of ether oxygens (including phenoxy) is 2. The summed E-state index contributed by atoms with van der Waals surface area (Å²) in [5.74, 6) is 1.29. The summed E-state index contributed by atoms with van der Waals surface area (Å²) in [6.45, 7) is 0.810. The standard InChI is InChI=1S/C20H23NO3/c1-23-18-11-10-16(14-19(18)24-2)20(22)21-12-6-9-17(21)13-15-7-4-3-5-8-15/h3-5,7-8,10-11,14,17H,6,9,12-13H2,1-2H3. The van der Waals surface area contributed by atoms with E-state index >= 15 is 0 Å². The Labute approximate surface area is 143 Å². The first-order valence-electron chi connectivity index (χ1n) is 8.30. The van der Waals surface area contributed by atoms with Crippen LogP contribution in [0.4, 0.5) is 0 Å². The minimum atomic E-state index is 0.0642. The zero-order valence-corrected chi connectivity index (χ0v) is 14.2. The fraction of sp³-hybridized carbons (Fsp3) is 0.350. The Hall–Kier alpha value is -2.49. The van der Waals surface area contributed by atoms with Crippen molar-refractivity contribution in [3.8, 4) is 11.5 Å². The molecule has 1 atom stereocenters. The quantitative estimate of drug-likeness (QED) is 0.844. The van der Waals surface area contributed by atoms with Crippen molar-refractivity contribution < 1.29 is 14.3 Å². The summed E-state index contributed by atoms with van der Waals surface area (Å²) in [6.07, 6.45) is 3.00. The van der Waals surface area contributed by atoms with E-state index in [9.17, 15) is 4.79 Å². The van der Waals surface area contributed by atoms with Gasteiger partial charge in [0.25, 0.3) is 5.91 Å². The van der Waals surface area contributed by atoms with Gasteiger partial charge in [-0.3, -0.25) is 4.79 Å². The molecule has 1 fully saturated rings. The van der Waals surface area contributed by atoms with Crippen molar-refractivity contribution in [2.75, 3.05) is 20.8 Å². The Morgan fingerprint density at radius 1 is 1.08 bits per heavy atom. The van der Waals surface area contributed by atoms with Gasteiger partial charge in [-0.25, -0.2) is 0 Å². The molecule has 0 aliphatic carbocycles. The van der Waals surface area contributed by atoms with Gasteiger partial charge in [0.2, 0.25) is 0 Å². The van der Waals surface area contributed by atoms with Crippen molar-refractivity contribution in [1.82, 2.24) is 4.90 Å². The maximum atomic E-state index is 12.9. The van der Waals surface area contributed by atoms with Crippen molar-refractivity contribution in [1.29, 1.82) is 0 Å². The first-order valence-corrected chi connectivity index (χ1v) is 8.30. The van der Waals surface area contributed by atoms with Gasteiger partial charge >= 0.3 is 0 Å². The van der Waals surface area contributed by atoms with Crippen LogP contribution in [0.15, 0.2) is 48.5 Å². The Balaban J connectivity index is 1.78. The van der Waals surface area contributed by atoms with Crippen LogP contribution in [0.3, 0.4) is 0 Å². The van der Waals surface area contributed by atoms with Crippen LogP contribution >= 0.6 is 0 Å². The molecule has 1 saturated heterocycles. The molecule has 1 heterocycles. The zero-order valence-electron chi connectivity index (χ0n) is 14.2. The highest BCUT2D eigenvalue weighted by molar-refractivity contribution is 5.95. The molecule has 3 rings (SSSR count). The molecule has 0 N–H and O–H groups in total. The molecule has 4 heteroatoms. The highest BCUT2D eigenvalue weighted by Gasteiger charge is 2.29. The highest BCUT2D eigenvalue weighted by atomic mass is 16.5. The summed E-state index contributed by atoms with van der Waals surface area (Å²) in [6, 6.07) is 16.0. The van der Waals surface area contributed by atoms with Crippen LogP contribution in [0.1, 0.15) is 28.8 Å². The van der Waals surface area contributed by atoms with Crippen molar-refractivity contribution >= 4 is 5.91 Å². The van der Waals surface area contributed by atoms with Gasteiger partial charge in [-0.15, -0.1) is 0 Å². The van der Waals surface area contributed by atoms with Gasteiger partial charge in [-0.2, -0.15) is 0 Å². The molecule has 1 aliphatic rings. The largest absolute Gasteiger partial charge is 0.493 e. The highest BCUT2D eigenvalue weighted by Crippen LogP contribution is 2.30. The third kappa shape index (κ3) is 3.37. The Bertz CT molecular complexity index is 699. The van der Waals surface area contributed by atoms with Gasteiger partial charge in [0.15, 0.2) is 11.5 Å². The minimum absolute atomic E-state index is 0.0642. The number of hydrogen-bond donors (Lipinski definition) is 0. The van der Waals surface area contributed by atoms with Crippen LogP contribution in [0, 0.1) is 0 Å². The smallest absolute Gasteiger partial charge is 0.254 e. The summed E-state index contributed by atoms with van der Waals surface area (Å²) >= 11 is 0. The topological polar surface area (TPSA) is 38.8 Å². The van der Waals surface area contributed by atoms with Crippen LogP contribution in [-0.4, -0.2) is 37.6 Å². The predicted octanol–water partition coefficient (Wildman–Crippen LogP) is 3.55. The molecule has 1 amide bonds. The molecule has 126 valence electrons. The van der Waals surface area contributed by atoms with E-state index in [0.717, 1.165) is 25.8 Å². The maximum Gasteiger partial charge on any atom is 0.254 e. The van der Waals surface area contributed by atoms with E-state index in [1.165, 1.54) is 5.56 Å². The van der Waals surface area contributed by atoms with Crippen LogP contribution < -0.4 is 9.47 Å². The lowest BCUT2D eigenvalue weighted by Crippen LogP contribution is -2.36. The molecule has 1 unspecified atom stereocenters. The molecular weight excluding hydrogens is 302 g/mol. The minimum Gasteiger partial charge on any atom is -0.493 e. The SMILES string of the molecule is COc1ccc(C(=O)N2CCCC2Cc2ccccc2)cc1OC. The number of amides is 1.